The Kier molecular flexibility index (Phi) is 8.10. The molecule has 10 heteroatoms. The van der Waals surface area contributed by atoms with E-state index in [1.807, 2.05) is 0 Å². The molecule has 0 unspecified atom stereocenters. The van der Waals surface area contributed by atoms with Gasteiger partial charge in [-0.1, -0.05) is 34.1 Å². The highest BCUT2D eigenvalue weighted by Crippen LogP contribution is 2.44. The highest BCUT2D eigenvalue weighted by atomic mass is 79.9. The van der Waals surface area contributed by atoms with Crippen molar-refractivity contribution in [2.45, 2.75) is 6.92 Å². The first-order chi connectivity index (χ1) is 14.8. The maximum absolute atomic E-state index is 12.6. The fraction of sp³-hybridized carbons (Fsp3) is 0.190. The van der Waals surface area contributed by atoms with Gasteiger partial charge >= 0.3 is 5.97 Å². The van der Waals surface area contributed by atoms with Crippen LogP contribution in [0.2, 0.25) is 0 Å². The zero-order chi connectivity index (χ0) is 22.5. The van der Waals surface area contributed by atoms with E-state index in [9.17, 15) is 14.4 Å². The molecule has 0 aliphatic rings. The van der Waals surface area contributed by atoms with Crippen LogP contribution in [0.3, 0.4) is 0 Å². The van der Waals surface area contributed by atoms with Crippen molar-refractivity contribution < 1.29 is 23.9 Å². The third-order valence-corrected chi connectivity index (χ3v) is 6.65. The van der Waals surface area contributed by atoms with Gasteiger partial charge in [0.1, 0.15) is 16.4 Å². The van der Waals surface area contributed by atoms with E-state index < -0.39 is 11.9 Å². The Hall–Kier alpha value is -1.94. The summed E-state index contributed by atoms with van der Waals surface area (Å²) < 4.78 is 13.1. The number of hydrogen-bond acceptors (Lipinski definition) is 6. The van der Waals surface area contributed by atoms with Crippen molar-refractivity contribution in [3.05, 3.63) is 56.5 Å². The quantitative estimate of drug-likeness (QED) is 0.197. The number of rotatable bonds is 8. The number of ketones is 1. The van der Waals surface area contributed by atoms with Gasteiger partial charge in [0.05, 0.1) is 15.8 Å². The minimum absolute atomic E-state index is 0.181. The van der Waals surface area contributed by atoms with Crippen molar-refractivity contribution in [1.29, 1.82) is 0 Å². The number of benzene rings is 2. The Balaban J connectivity index is 1.99. The first kappa shape index (κ1) is 23.7. The third-order valence-electron chi connectivity index (χ3n) is 4.13. The predicted molar refractivity (Wildman–Crippen MR) is 129 cm³/mol. The summed E-state index contributed by atoms with van der Waals surface area (Å²) in [6.45, 7) is 1.68. The summed E-state index contributed by atoms with van der Waals surface area (Å²) in [4.78, 5) is 37.0. The minimum Gasteiger partial charge on any atom is -0.483 e. The fourth-order valence-electron chi connectivity index (χ4n) is 2.76. The molecule has 2 aromatic carbocycles. The fourth-order valence-corrected chi connectivity index (χ4v) is 4.87. The van der Waals surface area contributed by atoms with Crippen LogP contribution in [0.4, 0.5) is 5.00 Å². The molecule has 0 aliphatic carbocycles. The summed E-state index contributed by atoms with van der Waals surface area (Å²) in [5.41, 5.74) is 0.733. The summed E-state index contributed by atoms with van der Waals surface area (Å²) in [6, 6.07) is 10.4. The molecular weight excluding hydrogens is 574 g/mol. The summed E-state index contributed by atoms with van der Waals surface area (Å²) in [5.74, 6) is -1.09. The second-order valence-electron chi connectivity index (χ2n) is 6.18. The number of thiophene rings is 1. The van der Waals surface area contributed by atoms with Crippen LogP contribution in [-0.2, 0) is 9.53 Å². The second-order valence-corrected chi connectivity index (χ2v) is 9.24. The van der Waals surface area contributed by atoms with E-state index in [0.717, 1.165) is 15.8 Å². The van der Waals surface area contributed by atoms with E-state index in [0.29, 0.717) is 30.9 Å². The highest BCUT2D eigenvalue weighted by Gasteiger charge is 2.25. The molecule has 0 aliphatic heterocycles. The largest absolute Gasteiger partial charge is 0.483 e. The first-order valence-corrected chi connectivity index (χ1v) is 12.0. The maximum atomic E-state index is 12.6. The second kappa shape index (κ2) is 10.6. The molecule has 162 valence electrons. The normalized spacial score (nSPS) is 10.7. The molecule has 0 saturated carbocycles. The van der Waals surface area contributed by atoms with Crippen molar-refractivity contribution in [3.8, 4) is 5.75 Å². The number of nitrogens with one attached hydrogen (secondary N) is 1. The van der Waals surface area contributed by atoms with Gasteiger partial charge in [-0.15, -0.1) is 22.9 Å². The number of ether oxygens (including phenoxy) is 2. The van der Waals surface area contributed by atoms with Gasteiger partial charge in [-0.25, -0.2) is 4.79 Å². The molecule has 0 saturated heterocycles. The molecule has 3 aromatic rings. The molecule has 6 nitrogen and oxygen atoms in total. The molecule has 1 heterocycles. The van der Waals surface area contributed by atoms with Crippen LogP contribution in [0.5, 0.6) is 5.75 Å². The molecule has 0 radical (unpaired) electrons. The van der Waals surface area contributed by atoms with Crippen LogP contribution in [0.1, 0.15) is 27.6 Å². The van der Waals surface area contributed by atoms with Gasteiger partial charge in [-0.05, 0) is 41.1 Å². The summed E-state index contributed by atoms with van der Waals surface area (Å²) in [5, 5.41) is 3.49. The molecule has 3 rings (SSSR count). The Bertz CT molecular complexity index is 1150. The third kappa shape index (κ3) is 5.46. The Morgan fingerprint density at radius 2 is 1.81 bits per heavy atom. The van der Waals surface area contributed by atoms with Crippen molar-refractivity contribution in [2.24, 2.45) is 0 Å². The summed E-state index contributed by atoms with van der Waals surface area (Å²) in [6.07, 6.45) is 0. The van der Waals surface area contributed by atoms with Crippen molar-refractivity contribution >= 4 is 87.5 Å². The smallest absolute Gasteiger partial charge is 0.341 e. The molecule has 31 heavy (non-hydrogen) atoms. The van der Waals surface area contributed by atoms with E-state index in [-0.39, 0.29) is 30.4 Å². The standard InChI is InChI=1S/C21H16Br2ClNO5S/c1-2-29-21(28)17-13-7-8-14(23)18(19(13)31-20(17)25-16(27)9-24)30-10-15(26)11-3-5-12(22)6-4-11/h3-8H,2,9-10H2,1H3,(H,25,27). The van der Waals surface area contributed by atoms with Gasteiger partial charge < -0.3 is 14.8 Å². The molecule has 1 N–H and O–H groups in total. The van der Waals surface area contributed by atoms with Crippen LogP contribution < -0.4 is 10.1 Å². The lowest BCUT2D eigenvalue weighted by atomic mass is 10.1. The number of amides is 1. The van der Waals surface area contributed by atoms with Crippen LogP contribution in [0.25, 0.3) is 10.1 Å². The van der Waals surface area contributed by atoms with E-state index in [4.69, 9.17) is 21.1 Å². The van der Waals surface area contributed by atoms with Crippen LogP contribution in [0.15, 0.2) is 45.3 Å². The van der Waals surface area contributed by atoms with Gasteiger partial charge in [0, 0.05) is 15.4 Å². The number of fused-ring (bicyclic) bond motifs is 1. The Labute approximate surface area is 204 Å². The van der Waals surface area contributed by atoms with Gasteiger partial charge in [-0.3, -0.25) is 9.59 Å². The lowest BCUT2D eigenvalue weighted by Gasteiger charge is -2.09. The van der Waals surface area contributed by atoms with Gasteiger partial charge in [-0.2, -0.15) is 0 Å². The molecular formula is C21H16Br2ClNO5S. The van der Waals surface area contributed by atoms with Crippen molar-refractivity contribution in [2.75, 3.05) is 24.4 Å². The molecule has 0 fully saturated rings. The lowest BCUT2D eigenvalue weighted by Crippen LogP contribution is -2.15. The minimum atomic E-state index is -0.571. The zero-order valence-electron chi connectivity index (χ0n) is 16.2. The SMILES string of the molecule is CCOC(=O)c1c(NC(=O)CCl)sc2c(OCC(=O)c3ccc(Br)cc3)c(Br)ccc12. The van der Waals surface area contributed by atoms with Crippen LogP contribution in [-0.4, -0.2) is 36.8 Å². The molecule has 0 atom stereocenters. The first-order valence-electron chi connectivity index (χ1n) is 9.05. The topological polar surface area (TPSA) is 81.7 Å². The number of Topliss-reactive ketones (excluding diaryl/α,β-unsaturated/α-hetero) is 1. The summed E-state index contributed by atoms with van der Waals surface area (Å²) in [7, 11) is 0. The van der Waals surface area contributed by atoms with E-state index >= 15 is 0 Å². The molecule has 1 amide bonds. The molecule has 0 bridgehead atoms. The van der Waals surface area contributed by atoms with Crippen molar-refractivity contribution in [1.82, 2.24) is 0 Å². The van der Waals surface area contributed by atoms with E-state index in [2.05, 4.69) is 37.2 Å². The molecule has 1 aromatic heterocycles. The Morgan fingerprint density at radius 3 is 2.45 bits per heavy atom. The zero-order valence-corrected chi connectivity index (χ0v) is 20.9. The van der Waals surface area contributed by atoms with Gasteiger partial charge in [0.2, 0.25) is 5.91 Å². The number of esters is 1. The number of hydrogen-bond donors (Lipinski definition) is 1. The maximum Gasteiger partial charge on any atom is 0.341 e. The van der Waals surface area contributed by atoms with E-state index in [1.165, 1.54) is 0 Å². The average molecular weight is 590 g/mol. The lowest BCUT2D eigenvalue weighted by molar-refractivity contribution is -0.113. The summed E-state index contributed by atoms with van der Waals surface area (Å²) >= 11 is 13.5. The van der Waals surface area contributed by atoms with Crippen molar-refractivity contribution in [3.63, 3.8) is 0 Å². The van der Waals surface area contributed by atoms with Crippen LogP contribution >= 0.6 is 54.8 Å². The number of anilines is 1. The predicted octanol–water partition coefficient (Wildman–Crippen LogP) is 6.04. The van der Waals surface area contributed by atoms with Gasteiger partial charge in [0.15, 0.2) is 18.1 Å². The number of alkyl halides is 1. The highest BCUT2D eigenvalue weighted by molar-refractivity contribution is 9.10. The number of halogens is 3. The number of carbonyl (C=O) groups excluding carboxylic acids is 3. The van der Waals surface area contributed by atoms with E-state index in [1.54, 1.807) is 43.3 Å². The van der Waals surface area contributed by atoms with Crippen LogP contribution in [0, 0.1) is 0 Å². The Morgan fingerprint density at radius 1 is 1.10 bits per heavy atom. The number of carbonyl (C=O) groups is 3. The van der Waals surface area contributed by atoms with Gasteiger partial charge in [0.25, 0.3) is 0 Å². The monoisotopic (exact) mass is 587 g/mol. The average Bonchev–Trinajstić information content (AvgIpc) is 3.11. The molecule has 0 spiro atoms.